The molecule has 0 aromatic rings. The van der Waals surface area contributed by atoms with Gasteiger partial charge in [-0.3, -0.25) is 4.79 Å². The van der Waals surface area contributed by atoms with E-state index in [9.17, 15) is 9.59 Å². The number of ether oxygens (including phenoxy) is 1. The summed E-state index contributed by atoms with van der Waals surface area (Å²) in [7, 11) is 0. The minimum atomic E-state index is -0.860. The predicted octanol–water partition coefficient (Wildman–Crippen LogP) is 0.740. The van der Waals surface area contributed by atoms with Crippen LogP contribution in [0.15, 0.2) is 12.2 Å². The maximum absolute atomic E-state index is 11.5. The monoisotopic (exact) mass is 256 g/mol. The van der Waals surface area contributed by atoms with E-state index in [0.29, 0.717) is 19.6 Å². The van der Waals surface area contributed by atoms with Crippen molar-refractivity contribution in [3.63, 3.8) is 0 Å². The van der Waals surface area contributed by atoms with Gasteiger partial charge in [0.25, 0.3) is 0 Å². The van der Waals surface area contributed by atoms with Crippen molar-refractivity contribution in [1.29, 1.82) is 0 Å². The lowest BCUT2D eigenvalue weighted by molar-refractivity contribution is -0.140. The molecule has 6 nitrogen and oxygen atoms in total. The van der Waals surface area contributed by atoms with E-state index < -0.39 is 11.9 Å². The van der Waals surface area contributed by atoms with Crippen LogP contribution in [0, 0.1) is 5.92 Å². The average Bonchev–Trinajstić information content (AvgIpc) is 2.75. The Bertz CT molecular complexity index is 330. The van der Waals surface area contributed by atoms with Crippen molar-refractivity contribution in [3.8, 4) is 0 Å². The van der Waals surface area contributed by atoms with Crippen LogP contribution >= 0.6 is 0 Å². The molecule has 0 aliphatic heterocycles. The minimum absolute atomic E-state index is 0.0355. The zero-order valence-corrected chi connectivity index (χ0v) is 10.7. The van der Waals surface area contributed by atoms with Gasteiger partial charge in [-0.1, -0.05) is 12.2 Å². The maximum atomic E-state index is 11.5. The second-order valence-electron chi connectivity index (χ2n) is 4.29. The Kier molecular flexibility index (Phi) is 5.64. The first-order valence-corrected chi connectivity index (χ1v) is 6.10. The Hall–Kier alpha value is -1.56. The molecule has 0 saturated carbocycles. The lowest BCUT2D eigenvalue weighted by Crippen LogP contribution is -2.43. The number of carboxylic acids is 1. The largest absolute Gasteiger partial charge is 0.481 e. The third-order valence-electron chi connectivity index (χ3n) is 2.72. The molecule has 3 unspecified atom stereocenters. The molecule has 0 spiro atoms. The Labute approximate surface area is 106 Å². The Morgan fingerprint density at radius 2 is 2.22 bits per heavy atom. The first-order valence-electron chi connectivity index (χ1n) is 6.10. The van der Waals surface area contributed by atoms with Crippen LogP contribution in [0.4, 0.5) is 4.79 Å². The number of nitrogens with one attached hydrogen (secondary N) is 2. The number of hydrogen-bond acceptors (Lipinski definition) is 3. The van der Waals surface area contributed by atoms with Gasteiger partial charge in [-0.2, -0.15) is 0 Å². The van der Waals surface area contributed by atoms with Gasteiger partial charge in [0.05, 0.1) is 18.1 Å². The normalized spacial score (nSPS) is 23.7. The molecule has 1 aliphatic rings. The smallest absolute Gasteiger partial charge is 0.315 e. The molecule has 0 fully saturated rings. The van der Waals surface area contributed by atoms with Crippen molar-refractivity contribution < 1.29 is 19.4 Å². The second kappa shape index (κ2) is 7.00. The first kappa shape index (κ1) is 14.5. The van der Waals surface area contributed by atoms with E-state index in [0.717, 1.165) is 0 Å². The fraction of sp³-hybridized carbons (Fsp3) is 0.667. The van der Waals surface area contributed by atoms with Gasteiger partial charge in [0, 0.05) is 13.2 Å². The van der Waals surface area contributed by atoms with E-state index in [1.165, 1.54) is 0 Å². The lowest BCUT2D eigenvalue weighted by Gasteiger charge is -2.15. The van der Waals surface area contributed by atoms with Gasteiger partial charge in [0.15, 0.2) is 0 Å². The molecule has 1 aliphatic carbocycles. The summed E-state index contributed by atoms with van der Waals surface area (Å²) >= 11 is 0. The molecule has 0 bridgehead atoms. The summed E-state index contributed by atoms with van der Waals surface area (Å²) in [5, 5.41) is 14.2. The van der Waals surface area contributed by atoms with Crippen molar-refractivity contribution in [2.75, 3.05) is 13.2 Å². The number of rotatable bonds is 6. The second-order valence-corrected chi connectivity index (χ2v) is 4.29. The van der Waals surface area contributed by atoms with Crippen LogP contribution in [0.5, 0.6) is 0 Å². The van der Waals surface area contributed by atoms with Crippen LogP contribution in [0.3, 0.4) is 0 Å². The third-order valence-corrected chi connectivity index (χ3v) is 2.72. The molecule has 0 aromatic heterocycles. The zero-order chi connectivity index (χ0) is 13.5. The summed E-state index contributed by atoms with van der Waals surface area (Å²) in [6, 6.07) is -0.518. The van der Waals surface area contributed by atoms with Crippen LogP contribution in [0.2, 0.25) is 0 Å². The van der Waals surface area contributed by atoms with Crippen LogP contribution in [0.1, 0.15) is 20.3 Å². The first-order chi connectivity index (χ1) is 8.52. The van der Waals surface area contributed by atoms with Gasteiger partial charge in [-0.15, -0.1) is 0 Å². The van der Waals surface area contributed by atoms with Crippen molar-refractivity contribution in [2.45, 2.75) is 32.4 Å². The highest BCUT2D eigenvalue weighted by Gasteiger charge is 2.25. The number of urea groups is 1. The molecule has 18 heavy (non-hydrogen) atoms. The standard InChI is InChI=1S/C12H20N2O4/c1-3-18-8(2)7-13-12(17)14-10-5-4-9(6-10)11(15)16/h4-5,8-10H,3,6-7H2,1-2H3,(H,15,16)(H2,13,14,17). The Morgan fingerprint density at radius 3 is 2.78 bits per heavy atom. The molecule has 1 rings (SSSR count). The lowest BCUT2D eigenvalue weighted by atomic mass is 10.1. The highest BCUT2D eigenvalue weighted by Crippen LogP contribution is 2.17. The zero-order valence-electron chi connectivity index (χ0n) is 10.7. The summed E-state index contributed by atoms with van der Waals surface area (Å²) in [5.74, 6) is -1.36. The number of hydrogen-bond donors (Lipinski definition) is 3. The fourth-order valence-electron chi connectivity index (χ4n) is 1.79. The molecule has 0 saturated heterocycles. The van der Waals surface area contributed by atoms with Crippen molar-refractivity contribution in [3.05, 3.63) is 12.2 Å². The topological polar surface area (TPSA) is 87.7 Å². The van der Waals surface area contributed by atoms with E-state index in [1.54, 1.807) is 12.2 Å². The Balaban J connectivity index is 2.22. The molecule has 102 valence electrons. The summed E-state index contributed by atoms with van der Waals surface area (Å²) < 4.78 is 5.28. The number of carboxylic acid groups (broad SMARTS) is 1. The molecule has 0 aromatic carbocycles. The van der Waals surface area contributed by atoms with Crippen molar-refractivity contribution in [1.82, 2.24) is 10.6 Å². The van der Waals surface area contributed by atoms with Gasteiger partial charge < -0.3 is 20.5 Å². The molecule has 3 atom stereocenters. The van der Waals surface area contributed by atoms with Crippen molar-refractivity contribution >= 4 is 12.0 Å². The highest BCUT2D eigenvalue weighted by molar-refractivity contribution is 5.76. The molecule has 0 heterocycles. The summed E-state index contributed by atoms with van der Waals surface area (Å²) in [6.45, 7) is 4.81. The van der Waals surface area contributed by atoms with Crippen LogP contribution < -0.4 is 10.6 Å². The molecule has 0 radical (unpaired) electrons. The number of amides is 2. The minimum Gasteiger partial charge on any atom is -0.481 e. The van der Waals surface area contributed by atoms with E-state index in [-0.39, 0.29) is 18.2 Å². The van der Waals surface area contributed by atoms with Gasteiger partial charge >= 0.3 is 12.0 Å². The third kappa shape index (κ3) is 4.75. The quantitative estimate of drug-likeness (QED) is 0.612. The van der Waals surface area contributed by atoms with Crippen molar-refractivity contribution in [2.24, 2.45) is 5.92 Å². The van der Waals surface area contributed by atoms with Gasteiger partial charge in [-0.05, 0) is 20.3 Å². The van der Waals surface area contributed by atoms with Gasteiger partial charge in [0.1, 0.15) is 0 Å². The number of carbonyl (C=O) groups excluding carboxylic acids is 1. The van der Waals surface area contributed by atoms with E-state index in [4.69, 9.17) is 9.84 Å². The molecular weight excluding hydrogens is 236 g/mol. The molecule has 3 N–H and O–H groups in total. The van der Waals surface area contributed by atoms with Gasteiger partial charge in [0.2, 0.25) is 0 Å². The van der Waals surface area contributed by atoms with Crippen LogP contribution in [-0.2, 0) is 9.53 Å². The number of aliphatic carboxylic acids is 1. The summed E-state index contributed by atoms with van der Waals surface area (Å²) in [4.78, 5) is 22.2. The maximum Gasteiger partial charge on any atom is 0.315 e. The fourth-order valence-corrected chi connectivity index (χ4v) is 1.79. The molecule has 6 heteroatoms. The van der Waals surface area contributed by atoms with E-state index >= 15 is 0 Å². The van der Waals surface area contributed by atoms with Crippen LogP contribution in [0.25, 0.3) is 0 Å². The van der Waals surface area contributed by atoms with Gasteiger partial charge in [-0.25, -0.2) is 4.79 Å². The van der Waals surface area contributed by atoms with Crippen LogP contribution in [-0.4, -0.2) is 42.4 Å². The SMILES string of the molecule is CCOC(C)CNC(=O)NC1C=CC(C(=O)O)C1. The van der Waals surface area contributed by atoms with E-state index in [2.05, 4.69) is 10.6 Å². The summed E-state index contributed by atoms with van der Waals surface area (Å²) in [5.41, 5.74) is 0. The summed E-state index contributed by atoms with van der Waals surface area (Å²) in [6.07, 6.45) is 3.69. The van der Waals surface area contributed by atoms with E-state index in [1.807, 2.05) is 13.8 Å². The molecule has 2 amide bonds. The molecular formula is C12H20N2O4. The predicted molar refractivity (Wildman–Crippen MR) is 66.3 cm³/mol. The highest BCUT2D eigenvalue weighted by atomic mass is 16.5. The number of carbonyl (C=O) groups is 2. The Morgan fingerprint density at radius 1 is 1.50 bits per heavy atom. The average molecular weight is 256 g/mol.